The summed E-state index contributed by atoms with van der Waals surface area (Å²) < 4.78 is 13.8. The third kappa shape index (κ3) is 2.21. The molecule has 0 aliphatic carbocycles. The van der Waals surface area contributed by atoms with Crippen molar-refractivity contribution in [1.82, 2.24) is 4.98 Å². The molecule has 1 aromatic carbocycles. The van der Waals surface area contributed by atoms with E-state index in [0.717, 1.165) is 11.6 Å². The van der Waals surface area contributed by atoms with Crippen LogP contribution in [0.5, 0.6) is 0 Å². The Kier molecular flexibility index (Phi) is 3.33. The molecule has 0 bridgehead atoms. The highest BCUT2D eigenvalue weighted by atomic mass is 19.1. The largest absolute Gasteiger partial charge is 0.373 e. The highest BCUT2D eigenvalue weighted by molar-refractivity contribution is 5.90. The van der Waals surface area contributed by atoms with E-state index in [4.69, 9.17) is 0 Å². The Labute approximate surface area is 109 Å². The average molecular weight is 263 g/mol. The Morgan fingerprint density at radius 2 is 2.11 bits per heavy atom. The van der Waals surface area contributed by atoms with Crippen LogP contribution in [0.4, 0.5) is 15.9 Å². The molecule has 1 aromatic heterocycles. The molecule has 0 atom stereocenters. The SMILES string of the molecule is CNc1nc2c(F)ccc([N+](=O)[O-])c2cc1C(C)C. The van der Waals surface area contributed by atoms with Crippen molar-refractivity contribution < 1.29 is 9.31 Å². The fraction of sp³-hybridized carbons (Fsp3) is 0.308. The fourth-order valence-corrected chi connectivity index (χ4v) is 2.03. The second kappa shape index (κ2) is 4.79. The van der Waals surface area contributed by atoms with E-state index in [1.54, 1.807) is 13.1 Å². The van der Waals surface area contributed by atoms with E-state index in [1.807, 2.05) is 13.8 Å². The molecule has 1 heterocycles. The third-order valence-electron chi connectivity index (χ3n) is 3.00. The first kappa shape index (κ1) is 13.2. The summed E-state index contributed by atoms with van der Waals surface area (Å²) in [6.45, 7) is 3.91. The van der Waals surface area contributed by atoms with Crippen LogP contribution in [-0.4, -0.2) is 17.0 Å². The topological polar surface area (TPSA) is 68.1 Å². The Hall–Kier alpha value is -2.24. The first-order valence-electron chi connectivity index (χ1n) is 5.91. The number of benzene rings is 1. The maximum atomic E-state index is 13.8. The number of nitrogens with zero attached hydrogens (tertiary/aromatic N) is 2. The molecule has 0 amide bonds. The number of nitro benzene ring substituents is 1. The number of rotatable bonds is 3. The van der Waals surface area contributed by atoms with Crippen molar-refractivity contribution in [3.8, 4) is 0 Å². The first-order valence-corrected chi connectivity index (χ1v) is 5.91. The molecule has 100 valence electrons. The van der Waals surface area contributed by atoms with E-state index >= 15 is 0 Å². The predicted octanol–water partition coefficient (Wildman–Crippen LogP) is 3.45. The highest BCUT2D eigenvalue weighted by Crippen LogP contribution is 2.32. The summed E-state index contributed by atoms with van der Waals surface area (Å²) in [7, 11) is 1.69. The molecular weight excluding hydrogens is 249 g/mol. The number of hydrogen-bond acceptors (Lipinski definition) is 4. The molecule has 19 heavy (non-hydrogen) atoms. The summed E-state index contributed by atoms with van der Waals surface area (Å²) in [4.78, 5) is 14.6. The first-order chi connectivity index (χ1) is 8.95. The molecule has 0 spiro atoms. The number of non-ortho nitro benzene ring substituents is 1. The van der Waals surface area contributed by atoms with Crippen molar-refractivity contribution in [3.63, 3.8) is 0 Å². The van der Waals surface area contributed by atoms with Crippen LogP contribution in [-0.2, 0) is 0 Å². The maximum absolute atomic E-state index is 13.8. The summed E-state index contributed by atoms with van der Waals surface area (Å²) >= 11 is 0. The summed E-state index contributed by atoms with van der Waals surface area (Å²) in [6, 6.07) is 3.88. The molecule has 0 saturated carbocycles. The molecule has 0 fully saturated rings. The van der Waals surface area contributed by atoms with Crippen molar-refractivity contribution in [2.24, 2.45) is 0 Å². The zero-order valence-corrected chi connectivity index (χ0v) is 10.9. The van der Waals surface area contributed by atoms with Gasteiger partial charge in [0.25, 0.3) is 5.69 Å². The zero-order chi connectivity index (χ0) is 14.2. The van der Waals surface area contributed by atoms with Gasteiger partial charge in [0.05, 0.1) is 10.3 Å². The van der Waals surface area contributed by atoms with E-state index < -0.39 is 10.7 Å². The lowest BCUT2D eigenvalue weighted by molar-refractivity contribution is -0.383. The molecule has 2 rings (SSSR count). The normalized spacial score (nSPS) is 11.0. The zero-order valence-electron chi connectivity index (χ0n) is 10.9. The lowest BCUT2D eigenvalue weighted by atomic mass is 10.0. The lowest BCUT2D eigenvalue weighted by Crippen LogP contribution is -2.03. The van der Waals surface area contributed by atoms with Gasteiger partial charge in [0.15, 0.2) is 0 Å². The molecule has 5 nitrogen and oxygen atoms in total. The summed E-state index contributed by atoms with van der Waals surface area (Å²) in [5.74, 6) is 0.108. The summed E-state index contributed by atoms with van der Waals surface area (Å²) in [5.41, 5.74) is 0.708. The van der Waals surface area contributed by atoms with Gasteiger partial charge in [-0.1, -0.05) is 13.8 Å². The number of fused-ring (bicyclic) bond motifs is 1. The number of anilines is 1. The number of pyridine rings is 1. The molecule has 0 saturated heterocycles. The quantitative estimate of drug-likeness (QED) is 0.680. The minimum atomic E-state index is -0.563. The van der Waals surface area contributed by atoms with Gasteiger partial charge in [-0.05, 0) is 23.6 Å². The van der Waals surface area contributed by atoms with Gasteiger partial charge in [-0.15, -0.1) is 0 Å². The van der Waals surface area contributed by atoms with Crippen molar-refractivity contribution in [3.05, 3.63) is 39.7 Å². The molecule has 0 unspecified atom stereocenters. The van der Waals surface area contributed by atoms with Gasteiger partial charge in [-0.25, -0.2) is 9.37 Å². The van der Waals surface area contributed by atoms with Gasteiger partial charge in [-0.3, -0.25) is 10.1 Å². The second-order valence-corrected chi connectivity index (χ2v) is 4.55. The Bertz CT molecular complexity index is 656. The van der Waals surface area contributed by atoms with E-state index in [1.165, 1.54) is 6.07 Å². The van der Waals surface area contributed by atoms with Gasteiger partial charge in [-0.2, -0.15) is 0 Å². The van der Waals surface area contributed by atoms with Crippen LogP contribution in [0.1, 0.15) is 25.3 Å². The van der Waals surface area contributed by atoms with E-state index in [9.17, 15) is 14.5 Å². The van der Waals surface area contributed by atoms with Crippen LogP contribution in [0.15, 0.2) is 18.2 Å². The van der Waals surface area contributed by atoms with Crippen LogP contribution in [0.2, 0.25) is 0 Å². The van der Waals surface area contributed by atoms with Crippen molar-refractivity contribution in [2.75, 3.05) is 12.4 Å². The van der Waals surface area contributed by atoms with Crippen LogP contribution < -0.4 is 5.32 Å². The van der Waals surface area contributed by atoms with Crippen molar-refractivity contribution in [2.45, 2.75) is 19.8 Å². The number of halogens is 1. The van der Waals surface area contributed by atoms with Gasteiger partial charge in [0.1, 0.15) is 17.2 Å². The van der Waals surface area contributed by atoms with Gasteiger partial charge < -0.3 is 5.32 Å². The van der Waals surface area contributed by atoms with E-state index in [2.05, 4.69) is 10.3 Å². The number of hydrogen-bond donors (Lipinski definition) is 1. The van der Waals surface area contributed by atoms with Gasteiger partial charge in [0, 0.05) is 13.1 Å². The Morgan fingerprint density at radius 3 is 2.63 bits per heavy atom. The minimum Gasteiger partial charge on any atom is -0.373 e. The number of nitrogens with one attached hydrogen (secondary N) is 1. The minimum absolute atomic E-state index is 0.0166. The molecule has 0 aliphatic rings. The average Bonchev–Trinajstić information content (AvgIpc) is 2.37. The molecule has 0 aliphatic heterocycles. The summed E-state index contributed by atoms with van der Waals surface area (Å²) in [5, 5.41) is 14.1. The summed E-state index contributed by atoms with van der Waals surface area (Å²) in [6.07, 6.45) is 0. The second-order valence-electron chi connectivity index (χ2n) is 4.55. The fourth-order valence-electron chi connectivity index (χ4n) is 2.03. The standard InChI is InChI=1S/C13H14FN3O2/c1-7(2)8-6-9-11(17(18)19)5-4-10(14)12(9)16-13(8)15-3/h4-7H,1-3H3,(H,15,16). The van der Waals surface area contributed by atoms with Gasteiger partial charge in [0.2, 0.25) is 0 Å². The van der Waals surface area contributed by atoms with Crippen LogP contribution in [0.25, 0.3) is 10.9 Å². The molecule has 2 aromatic rings. The lowest BCUT2D eigenvalue weighted by Gasteiger charge is -2.13. The number of nitro groups is 1. The van der Waals surface area contributed by atoms with E-state index in [0.29, 0.717) is 5.82 Å². The molecule has 1 N–H and O–H groups in total. The van der Waals surface area contributed by atoms with Crippen molar-refractivity contribution >= 4 is 22.4 Å². The van der Waals surface area contributed by atoms with Crippen molar-refractivity contribution in [1.29, 1.82) is 0 Å². The third-order valence-corrected chi connectivity index (χ3v) is 3.00. The number of aromatic nitrogens is 1. The van der Waals surface area contributed by atoms with Crippen LogP contribution in [0.3, 0.4) is 0 Å². The molecule has 6 heteroatoms. The van der Waals surface area contributed by atoms with E-state index in [-0.39, 0.29) is 22.5 Å². The molecule has 0 radical (unpaired) electrons. The Balaban J connectivity index is 2.87. The maximum Gasteiger partial charge on any atom is 0.278 e. The highest BCUT2D eigenvalue weighted by Gasteiger charge is 2.19. The van der Waals surface area contributed by atoms with Crippen LogP contribution >= 0.6 is 0 Å². The monoisotopic (exact) mass is 263 g/mol. The smallest absolute Gasteiger partial charge is 0.278 e. The predicted molar refractivity (Wildman–Crippen MR) is 72.0 cm³/mol. The van der Waals surface area contributed by atoms with Gasteiger partial charge >= 0.3 is 0 Å². The Morgan fingerprint density at radius 1 is 1.42 bits per heavy atom. The van der Waals surface area contributed by atoms with Crippen LogP contribution in [0, 0.1) is 15.9 Å². The molecular formula is C13H14FN3O2.